The molecular weight excluding hydrogens is 314 g/mol. The lowest BCUT2D eigenvalue weighted by Gasteiger charge is -2.41. The van der Waals surface area contributed by atoms with Crippen molar-refractivity contribution in [3.05, 3.63) is 35.9 Å². The fraction of sp³-hybridized carbons (Fsp3) is 0.650. The van der Waals surface area contributed by atoms with Crippen LogP contribution in [0.15, 0.2) is 30.3 Å². The number of benzene rings is 1. The van der Waals surface area contributed by atoms with E-state index >= 15 is 0 Å². The van der Waals surface area contributed by atoms with Gasteiger partial charge < -0.3 is 9.64 Å². The predicted octanol–water partition coefficient (Wildman–Crippen LogP) is 1.83. The van der Waals surface area contributed by atoms with E-state index in [1.54, 1.807) is 0 Å². The molecule has 2 aliphatic rings. The van der Waals surface area contributed by atoms with Gasteiger partial charge in [0.05, 0.1) is 18.2 Å². The lowest BCUT2D eigenvalue weighted by molar-refractivity contribution is -0.148. The smallest absolute Gasteiger partial charge is 0.239 e. The van der Waals surface area contributed by atoms with Gasteiger partial charge in [-0.15, -0.1) is 0 Å². The Morgan fingerprint density at radius 3 is 2.28 bits per heavy atom. The molecule has 1 aromatic rings. The maximum Gasteiger partial charge on any atom is 0.239 e. The number of hydrogen-bond donors (Lipinski definition) is 0. The summed E-state index contributed by atoms with van der Waals surface area (Å²) in [7, 11) is 0. The Balaban J connectivity index is 1.49. The van der Waals surface area contributed by atoms with Crippen molar-refractivity contribution >= 4 is 5.91 Å². The highest BCUT2D eigenvalue weighted by Gasteiger charge is 2.32. The van der Waals surface area contributed by atoms with Crippen LogP contribution in [-0.4, -0.2) is 78.1 Å². The quantitative estimate of drug-likeness (QED) is 0.834. The Morgan fingerprint density at radius 1 is 1.08 bits per heavy atom. The van der Waals surface area contributed by atoms with Gasteiger partial charge in [0.15, 0.2) is 0 Å². The van der Waals surface area contributed by atoms with Crippen molar-refractivity contribution in [1.29, 1.82) is 0 Å². The molecule has 0 spiro atoms. The topological polar surface area (TPSA) is 36.0 Å². The van der Waals surface area contributed by atoms with Gasteiger partial charge in [-0.1, -0.05) is 30.3 Å². The maximum absolute atomic E-state index is 12.9. The average molecular weight is 345 g/mol. The molecule has 0 aliphatic carbocycles. The summed E-state index contributed by atoms with van der Waals surface area (Å²) in [6.45, 7) is 12.5. The first-order valence-electron chi connectivity index (χ1n) is 9.47. The summed E-state index contributed by atoms with van der Waals surface area (Å²) in [4.78, 5) is 19.7. The number of hydrogen-bond acceptors (Lipinski definition) is 4. The molecule has 25 heavy (non-hydrogen) atoms. The van der Waals surface area contributed by atoms with Crippen molar-refractivity contribution in [3.8, 4) is 0 Å². The van der Waals surface area contributed by atoms with Gasteiger partial charge >= 0.3 is 0 Å². The second-order valence-corrected chi connectivity index (χ2v) is 7.47. The van der Waals surface area contributed by atoms with Gasteiger partial charge in [-0.05, 0) is 26.3 Å². The number of piperazine rings is 1. The van der Waals surface area contributed by atoms with Gasteiger partial charge in [0, 0.05) is 45.8 Å². The SMILES string of the molecule is CC1CN(C(=O)C(C)N2CCN(Cc3ccccc3)CC2)CC(C)O1. The predicted molar refractivity (Wildman–Crippen MR) is 99.3 cm³/mol. The molecule has 0 bridgehead atoms. The molecule has 3 atom stereocenters. The minimum atomic E-state index is -0.0450. The summed E-state index contributed by atoms with van der Waals surface area (Å²) in [5.74, 6) is 0.249. The van der Waals surface area contributed by atoms with Crippen molar-refractivity contribution < 1.29 is 9.53 Å². The van der Waals surface area contributed by atoms with Crippen LogP contribution in [0.3, 0.4) is 0 Å². The summed E-state index contributed by atoms with van der Waals surface area (Å²) < 4.78 is 5.75. The largest absolute Gasteiger partial charge is 0.372 e. The number of amides is 1. The third-order valence-electron chi connectivity index (χ3n) is 5.29. The monoisotopic (exact) mass is 345 g/mol. The summed E-state index contributed by atoms with van der Waals surface area (Å²) in [5.41, 5.74) is 1.36. The highest BCUT2D eigenvalue weighted by atomic mass is 16.5. The minimum Gasteiger partial charge on any atom is -0.372 e. The first kappa shape index (κ1) is 18.4. The molecule has 2 fully saturated rings. The van der Waals surface area contributed by atoms with Crippen molar-refractivity contribution in [1.82, 2.24) is 14.7 Å². The van der Waals surface area contributed by atoms with Crippen molar-refractivity contribution in [2.24, 2.45) is 0 Å². The summed E-state index contributed by atoms with van der Waals surface area (Å²) in [6, 6.07) is 10.6. The zero-order chi connectivity index (χ0) is 17.8. The van der Waals surface area contributed by atoms with Crippen LogP contribution < -0.4 is 0 Å². The number of morpholine rings is 1. The second kappa shape index (κ2) is 8.30. The third kappa shape index (κ3) is 4.81. The fourth-order valence-electron chi connectivity index (χ4n) is 3.93. The Labute approximate surface area is 151 Å². The van der Waals surface area contributed by atoms with Gasteiger partial charge in [0.1, 0.15) is 0 Å². The molecule has 138 valence electrons. The van der Waals surface area contributed by atoms with E-state index < -0.39 is 0 Å². The van der Waals surface area contributed by atoms with E-state index in [0.29, 0.717) is 13.1 Å². The molecule has 0 aromatic heterocycles. The molecule has 3 unspecified atom stereocenters. The van der Waals surface area contributed by atoms with E-state index in [-0.39, 0.29) is 24.2 Å². The lowest BCUT2D eigenvalue weighted by Crippen LogP contribution is -2.57. The van der Waals surface area contributed by atoms with Crippen molar-refractivity contribution in [2.45, 2.75) is 45.6 Å². The van der Waals surface area contributed by atoms with Gasteiger partial charge in [0.25, 0.3) is 0 Å². The van der Waals surface area contributed by atoms with Crippen molar-refractivity contribution in [3.63, 3.8) is 0 Å². The van der Waals surface area contributed by atoms with Crippen LogP contribution in [0.4, 0.5) is 0 Å². The number of rotatable bonds is 4. The molecule has 0 saturated carbocycles. The Kier molecular flexibility index (Phi) is 6.10. The molecule has 2 saturated heterocycles. The van der Waals surface area contributed by atoms with Crippen LogP contribution in [0.1, 0.15) is 26.3 Å². The first-order chi connectivity index (χ1) is 12.0. The molecule has 2 aliphatic heterocycles. The van der Waals surface area contributed by atoms with E-state index in [1.807, 2.05) is 18.7 Å². The van der Waals surface area contributed by atoms with Crippen LogP contribution in [-0.2, 0) is 16.1 Å². The fourth-order valence-corrected chi connectivity index (χ4v) is 3.93. The van der Waals surface area contributed by atoms with Crippen LogP contribution >= 0.6 is 0 Å². The van der Waals surface area contributed by atoms with E-state index in [9.17, 15) is 4.79 Å². The van der Waals surface area contributed by atoms with Gasteiger partial charge in [0.2, 0.25) is 5.91 Å². The summed E-state index contributed by atoms with van der Waals surface area (Å²) in [6.07, 6.45) is 0.255. The van der Waals surface area contributed by atoms with Crippen LogP contribution in [0.5, 0.6) is 0 Å². The zero-order valence-corrected chi connectivity index (χ0v) is 15.7. The van der Waals surface area contributed by atoms with Crippen LogP contribution in [0, 0.1) is 0 Å². The molecule has 0 radical (unpaired) electrons. The maximum atomic E-state index is 12.9. The third-order valence-corrected chi connectivity index (χ3v) is 5.29. The average Bonchev–Trinajstić information content (AvgIpc) is 2.61. The highest BCUT2D eigenvalue weighted by Crippen LogP contribution is 2.16. The van der Waals surface area contributed by atoms with E-state index in [2.05, 4.69) is 47.1 Å². The first-order valence-corrected chi connectivity index (χ1v) is 9.47. The lowest BCUT2D eigenvalue weighted by atomic mass is 10.1. The molecule has 0 N–H and O–H groups in total. The molecule has 1 aromatic carbocycles. The Bertz CT molecular complexity index is 547. The van der Waals surface area contributed by atoms with Crippen LogP contribution in [0.2, 0.25) is 0 Å². The van der Waals surface area contributed by atoms with Crippen molar-refractivity contribution in [2.75, 3.05) is 39.3 Å². The molecule has 5 heteroatoms. The van der Waals surface area contributed by atoms with E-state index in [0.717, 1.165) is 32.7 Å². The number of ether oxygens (including phenoxy) is 1. The molecule has 2 heterocycles. The second-order valence-electron chi connectivity index (χ2n) is 7.47. The molecular formula is C20H31N3O2. The van der Waals surface area contributed by atoms with Gasteiger partial charge in [-0.2, -0.15) is 0 Å². The zero-order valence-electron chi connectivity index (χ0n) is 15.7. The minimum absolute atomic E-state index is 0.0450. The van der Waals surface area contributed by atoms with E-state index in [1.165, 1.54) is 5.56 Å². The van der Waals surface area contributed by atoms with Gasteiger partial charge in [-0.3, -0.25) is 14.6 Å². The molecule has 3 rings (SSSR count). The molecule has 5 nitrogen and oxygen atoms in total. The van der Waals surface area contributed by atoms with Gasteiger partial charge in [-0.25, -0.2) is 0 Å². The Hall–Kier alpha value is -1.43. The number of carbonyl (C=O) groups is 1. The van der Waals surface area contributed by atoms with Crippen LogP contribution in [0.25, 0.3) is 0 Å². The molecule has 1 amide bonds. The summed E-state index contributed by atoms with van der Waals surface area (Å²) >= 11 is 0. The summed E-state index contributed by atoms with van der Waals surface area (Å²) in [5, 5.41) is 0. The number of carbonyl (C=O) groups excluding carboxylic acids is 1. The standard InChI is InChI=1S/C20H31N3O2/c1-16-13-23(14-17(2)25-16)20(24)18(3)22-11-9-21(10-12-22)15-19-7-5-4-6-8-19/h4-8,16-18H,9-15H2,1-3H3. The highest BCUT2D eigenvalue weighted by molar-refractivity contribution is 5.81. The van der Waals surface area contributed by atoms with E-state index in [4.69, 9.17) is 4.74 Å². The normalized spacial score (nSPS) is 27.2. The number of nitrogens with zero attached hydrogens (tertiary/aromatic N) is 3. The Morgan fingerprint density at radius 2 is 1.68 bits per heavy atom.